The van der Waals surface area contributed by atoms with Crippen molar-refractivity contribution >= 4 is 35.0 Å². The number of primary amides is 1. The molecule has 2 amide bonds. The van der Waals surface area contributed by atoms with Crippen LogP contribution in [0.3, 0.4) is 0 Å². The summed E-state index contributed by atoms with van der Waals surface area (Å²) in [5, 5.41) is 0.727. The van der Waals surface area contributed by atoms with Gasteiger partial charge in [-0.15, -0.1) is 0 Å². The van der Waals surface area contributed by atoms with Gasteiger partial charge in [0, 0.05) is 19.0 Å². The molecule has 1 aromatic carbocycles. The third-order valence-electron chi connectivity index (χ3n) is 3.51. The standard InChI is InChI=1S/C14H16Cl2N2O3/c15-10-2-1-3-11(16)13(10)21-8-12(19)18-6-4-9(5-7-18)14(17)20/h1-3,9H,4-8H2,(H2,17,20). The second kappa shape index (κ2) is 7.00. The Morgan fingerprint density at radius 1 is 1.24 bits per heavy atom. The zero-order valence-corrected chi connectivity index (χ0v) is 12.9. The molecule has 0 unspecified atom stereocenters. The van der Waals surface area contributed by atoms with Gasteiger partial charge in [0.15, 0.2) is 12.4 Å². The highest BCUT2D eigenvalue weighted by atomic mass is 35.5. The number of rotatable bonds is 4. The van der Waals surface area contributed by atoms with Crippen molar-refractivity contribution < 1.29 is 14.3 Å². The third kappa shape index (κ3) is 4.02. The van der Waals surface area contributed by atoms with E-state index in [1.54, 1.807) is 23.1 Å². The fraction of sp³-hybridized carbons (Fsp3) is 0.429. The number of para-hydroxylation sites is 1. The van der Waals surface area contributed by atoms with Gasteiger partial charge in [0.1, 0.15) is 0 Å². The number of ether oxygens (including phenoxy) is 1. The maximum atomic E-state index is 12.1. The largest absolute Gasteiger partial charge is 0.481 e. The number of amides is 2. The number of halogens is 2. The molecule has 0 aromatic heterocycles. The minimum absolute atomic E-state index is 0.134. The molecule has 0 atom stereocenters. The first-order valence-electron chi connectivity index (χ1n) is 6.63. The number of piperidine rings is 1. The molecule has 21 heavy (non-hydrogen) atoms. The molecule has 2 rings (SSSR count). The van der Waals surface area contributed by atoms with E-state index in [1.165, 1.54) is 0 Å². The van der Waals surface area contributed by atoms with Crippen LogP contribution in [0.15, 0.2) is 18.2 Å². The molecule has 1 saturated heterocycles. The van der Waals surface area contributed by atoms with Gasteiger partial charge in [-0.1, -0.05) is 29.3 Å². The highest BCUT2D eigenvalue weighted by Gasteiger charge is 2.26. The molecule has 1 aromatic rings. The van der Waals surface area contributed by atoms with Crippen LogP contribution in [0.2, 0.25) is 10.0 Å². The van der Waals surface area contributed by atoms with Gasteiger partial charge in [0.2, 0.25) is 5.91 Å². The zero-order chi connectivity index (χ0) is 15.4. The lowest BCUT2D eigenvalue weighted by Gasteiger charge is -2.30. The maximum absolute atomic E-state index is 12.1. The molecule has 0 radical (unpaired) electrons. The smallest absolute Gasteiger partial charge is 0.260 e. The molecule has 1 fully saturated rings. The molecule has 0 saturated carbocycles. The Kier molecular flexibility index (Phi) is 5.31. The summed E-state index contributed by atoms with van der Waals surface area (Å²) in [6.45, 7) is 0.878. The summed E-state index contributed by atoms with van der Waals surface area (Å²) in [7, 11) is 0. The van der Waals surface area contributed by atoms with Gasteiger partial charge in [-0.25, -0.2) is 0 Å². The highest BCUT2D eigenvalue weighted by Crippen LogP contribution is 2.32. The summed E-state index contributed by atoms with van der Waals surface area (Å²) in [5.74, 6) is -0.302. The van der Waals surface area contributed by atoms with E-state index in [0.717, 1.165) is 0 Å². The van der Waals surface area contributed by atoms with Crippen LogP contribution in [0.5, 0.6) is 5.75 Å². The summed E-state index contributed by atoms with van der Waals surface area (Å²) >= 11 is 11.9. The molecule has 7 heteroatoms. The van der Waals surface area contributed by atoms with Gasteiger partial charge in [-0.2, -0.15) is 0 Å². The average Bonchev–Trinajstić information content (AvgIpc) is 2.46. The van der Waals surface area contributed by atoms with Crippen LogP contribution in [0, 0.1) is 5.92 Å². The van der Waals surface area contributed by atoms with E-state index in [4.69, 9.17) is 33.7 Å². The van der Waals surface area contributed by atoms with E-state index >= 15 is 0 Å². The number of benzene rings is 1. The SMILES string of the molecule is NC(=O)C1CCN(C(=O)COc2c(Cl)cccc2Cl)CC1. The molecule has 114 valence electrons. The van der Waals surface area contributed by atoms with Crippen molar-refractivity contribution in [1.29, 1.82) is 0 Å². The topological polar surface area (TPSA) is 72.6 Å². The van der Waals surface area contributed by atoms with Gasteiger partial charge in [0.25, 0.3) is 5.91 Å². The Labute approximate surface area is 132 Å². The Morgan fingerprint density at radius 3 is 2.33 bits per heavy atom. The Morgan fingerprint density at radius 2 is 1.81 bits per heavy atom. The number of hydrogen-bond donors (Lipinski definition) is 1. The van der Waals surface area contributed by atoms with Crippen molar-refractivity contribution in [3.63, 3.8) is 0 Å². The second-order valence-corrected chi connectivity index (χ2v) is 5.71. The van der Waals surface area contributed by atoms with Crippen molar-refractivity contribution in [2.45, 2.75) is 12.8 Å². The van der Waals surface area contributed by atoms with E-state index in [-0.39, 0.29) is 24.3 Å². The fourth-order valence-electron chi connectivity index (χ4n) is 2.26. The zero-order valence-electron chi connectivity index (χ0n) is 11.4. The average molecular weight is 331 g/mol. The van der Waals surface area contributed by atoms with Gasteiger partial charge in [-0.05, 0) is 25.0 Å². The van der Waals surface area contributed by atoms with Crippen molar-refractivity contribution in [2.24, 2.45) is 11.7 Å². The van der Waals surface area contributed by atoms with Crippen molar-refractivity contribution in [1.82, 2.24) is 4.90 Å². The first-order valence-corrected chi connectivity index (χ1v) is 7.38. The molecule has 1 aliphatic heterocycles. The van der Waals surface area contributed by atoms with Crippen molar-refractivity contribution in [3.05, 3.63) is 28.2 Å². The van der Waals surface area contributed by atoms with Gasteiger partial charge >= 0.3 is 0 Å². The molecule has 1 heterocycles. The van der Waals surface area contributed by atoms with E-state index in [2.05, 4.69) is 0 Å². The molecule has 2 N–H and O–H groups in total. The van der Waals surface area contributed by atoms with Crippen LogP contribution in [0.25, 0.3) is 0 Å². The Bertz CT molecular complexity index is 523. The second-order valence-electron chi connectivity index (χ2n) is 4.90. The van der Waals surface area contributed by atoms with E-state index < -0.39 is 0 Å². The molecule has 1 aliphatic rings. The lowest BCUT2D eigenvalue weighted by molar-refractivity contribution is -0.136. The third-order valence-corrected chi connectivity index (χ3v) is 4.10. The quantitative estimate of drug-likeness (QED) is 0.918. The highest BCUT2D eigenvalue weighted by molar-refractivity contribution is 6.37. The van der Waals surface area contributed by atoms with E-state index in [9.17, 15) is 9.59 Å². The van der Waals surface area contributed by atoms with Gasteiger partial charge < -0.3 is 15.4 Å². The number of likely N-dealkylation sites (tertiary alicyclic amines) is 1. The number of hydrogen-bond acceptors (Lipinski definition) is 3. The number of carbonyl (C=O) groups excluding carboxylic acids is 2. The van der Waals surface area contributed by atoms with Crippen LogP contribution < -0.4 is 10.5 Å². The molecular weight excluding hydrogens is 315 g/mol. The van der Waals surface area contributed by atoms with E-state index in [0.29, 0.717) is 41.7 Å². The van der Waals surface area contributed by atoms with Crippen molar-refractivity contribution in [3.8, 4) is 5.75 Å². The number of nitrogens with two attached hydrogens (primary N) is 1. The van der Waals surface area contributed by atoms with Gasteiger partial charge in [-0.3, -0.25) is 9.59 Å². The van der Waals surface area contributed by atoms with Gasteiger partial charge in [0.05, 0.1) is 10.0 Å². The number of carbonyl (C=O) groups is 2. The molecule has 0 spiro atoms. The summed E-state index contributed by atoms with van der Waals surface area (Å²) in [4.78, 5) is 24.8. The lowest BCUT2D eigenvalue weighted by atomic mass is 9.96. The van der Waals surface area contributed by atoms with Crippen LogP contribution in [-0.2, 0) is 9.59 Å². The fourth-order valence-corrected chi connectivity index (χ4v) is 2.77. The molecule has 0 bridgehead atoms. The molecule has 5 nitrogen and oxygen atoms in total. The predicted molar refractivity (Wildman–Crippen MR) is 80.5 cm³/mol. The minimum atomic E-state index is -0.304. The lowest BCUT2D eigenvalue weighted by Crippen LogP contribution is -2.43. The minimum Gasteiger partial charge on any atom is -0.481 e. The Hall–Kier alpha value is -1.46. The first-order chi connectivity index (χ1) is 9.99. The van der Waals surface area contributed by atoms with Crippen molar-refractivity contribution in [2.75, 3.05) is 19.7 Å². The normalized spacial score (nSPS) is 15.8. The monoisotopic (exact) mass is 330 g/mol. The van der Waals surface area contributed by atoms with Crippen LogP contribution in [0.1, 0.15) is 12.8 Å². The first kappa shape index (κ1) is 15.9. The van der Waals surface area contributed by atoms with Crippen LogP contribution >= 0.6 is 23.2 Å². The Balaban J connectivity index is 1.87. The summed E-state index contributed by atoms with van der Waals surface area (Å²) in [6, 6.07) is 4.99. The molecule has 0 aliphatic carbocycles. The van der Waals surface area contributed by atoms with E-state index in [1.807, 2.05) is 0 Å². The summed E-state index contributed by atoms with van der Waals surface area (Å²) < 4.78 is 5.41. The number of nitrogens with zero attached hydrogens (tertiary/aromatic N) is 1. The summed E-state index contributed by atoms with van der Waals surface area (Å²) in [5.41, 5.74) is 5.26. The van der Waals surface area contributed by atoms with Crippen LogP contribution in [-0.4, -0.2) is 36.4 Å². The summed E-state index contributed by atoms with van der Waals surface area (Å²) in [6.07, 6.45) is 1.18. The molecular formula is C14H16Cl2N2O3. The maximum Gasteiger partial charge on any atom is 0.260 e. The predicted octanol–water partition coefficient (Wildman–Crippen LogP) is 2.10. The van der Waals surface area contributed by atoms with Crippen LogP contribution in [0.4, 0.5) is 0 Å².